The fourth-order valence-electron chi connectivity index (χ4n) is 1.64. The fourth-order valence-corrected chi connectivity index (χ4v) is 1.64. The lowest BCUT2D eigenvalue weighted by molar-refractivity contribution is -0.383. The highest BCUT2D eigenvalue weighted by Gasteiger charge is 2.19. The molecule has 0 saturated heterocycles. The van der Waals surface area contributed by atoms with Gasteiger partial charge in [-0.05, 0) is 12.1 Å². The highest BCUT2D eigenvalue weighted by atomic mass is 16.6. The Bertz CT molecular complexity index is 595. The molecule has 100 valence electrons. The molecule has 1 heterocycles. The quantitative estimate of drug-likeness (QED) is 0.410. The summed E-state index contributed by atoms with van der Waals surface area (Å²) in [5, 5.41) is 21.6. The third-order valence-corrected chi connectivity index (χ3v) is 2.62. The zero-order chi connectivity index (χ0) is 13.8. The molecule has 0 spiro atoms. The molecule has 0 unspecified atom stereocenters. The largest absolute Gasteiger partial charge is 0.372 e. The lowest BCUT2D eigenvalue weighted by atomic mass is 10.2. The van der Waals surface area contributed by atoms with Gasteiger partial charge >= 0.3 is 5.69 Å². The smallest absolute Gasteiger partial charge is 0.316 e. The summed E-state index contributed by atoms with van der Waals surface area (Å²) in [5.74, 6) is 5.93. The van der Waals surface area contributed by atoms with E-state index in [2.05, 4.69) is 20.9 Å². The molecule has 9 heteroatoms. The van der Waals surface area contributed by atoms with Crippen molar-refractivity contribution in [1.29, 1.82) is 0 Å². The van der Waals surface area contributed by atoms with E-state index < -0.39 is 4.92 Å². The molecule has 2 rings (SSSR count). The topological polar surface area (TPSA) is 124 Å². The summed E-state index contributed by atoms with van der Waals surface area (Å²) in [6, 6.07) is 4.81. The monoisotopic (exact) mass is 263 g/mol. The molecule has 0 atom stereocenters. The maximum absolute atomic E-state index is 11.1. The van der Waals surface area contributed by atoms with Crippen LogP contribution in [0.1, 0.15) is 5.82 Å². The molecule has 0 bridgehead atoms. The Morgan fingerprint density at radius 3 is 2.79 bits per heavy atom. The maximum Gasteiger partial charge on any atom is 0.316 e. The molecule has 9 nitrogen and oxygen atoms in total. The second-order valence-electron chi connectivity index (χ2n) is 3.81. The lowest BCUT2D eigenvalue weighted by Gasteiger charge is -2.09. The summed E-state index contributed by atoms with van der Waals surface area (Å²) in [6.07, 6.45) is 1.56. The second-order valence-corrected chi connectivity index (χ2v) is 3.81. The first-order valence-electron chi connectivity index (χ1n) is 5.44. The van der Waals surface area contributed by atoms with Crippen LogP contribution >= 0.6 is 0 Å². The van der Waals surface area contributed by atoms with Crippen molar-refractivity contribution in [2.75, 3.05) is 10.7 Å². The van der Waals surface area contributed by atoms with Crippen molar-refractivity contribution in [3.8, 4) is 0 Å². The molecular formula is C10H13N7O2. The van der Waals surface area contributed by atoms with Gasteiger partial charge in [-0.2, -0.15) is 0 Å². The normalized spacial score (nSPS) is 10.2. The molecule has 0 aliphatic carbocycles. The van der Waals surface area contributed by atoms with E-state index in [9.17, 15) is 10.1 Å². The van der Waals surface area contributed by atoms with Gasteiger partial charge in [0.2, 0.25) is 0 Å². The van der Waals surface area contributed by atoms with Gasteiger partial charge in [-0.1, -0.05) is 6.07 Å². The molecule has 1 aromatic carbocycles. The molecule has 0 amide bonds. The average molecular weight is 263 g/mol. The molecule has 0 saturated carbocycles. The predicted molar refractivity (Wildman–Crippen MR) is 69.2 cm³/mol. The first-order valence-corrected chi connectivity index (χ1v) is 5.44. The fraction of sp³-hybridized carbons (Fsp3) is 0.200. The van der Waals surface area contributed by atoms with Crippen LogP contribution in [-0.4, -0.2) is 19.7 Å². The molecular weight excluding hydrogens is 250 g/mol. The molecule has 4 N–H and O–H groups in total. The van der Waals surface area contributed by atoms with Crippen molar-refractivity contribution in [3.63, 3.8) is 0 Å². The van der Waals surface area contributed by atoms with E-state index in [0.29, 0.717) is 18.1 Å². The summed E-state index contributed by atoms with van der Waals surface area (Å²) in [7, 11) is 1.79. The van der Waals surface area contributed by atoms with E-state index in [1.807, 2.05) is 0 Å². The first-order chi connectivity index (χ1) is 9.13. The number of para-hydroxylation sites is 1. The highest BCUT2D eigenvalue weighted by Crippen LogP contribution is 2.32. The number of benzene rings is 1. The molecule has 0 fully saturated rings. The van der Waals surface area contributed by atoms with Gasteiger partial charge in [-0.25, -0.2) is 0 Å². The van der Waals surface area contributed by atoms with Crippen molar-refractivity contribution >= 4 is 17.1 Å². The number of nitro groups is 1. The number of rotatable bonds is 5. The zero-order valence-corrected chi connectivity index (χ0v) is 10.2. The van der Waals surface area contributed by atoms with Gasteiger partial charge in [0.1, 0.15) is 17.7 Å². The molecule has 0 aliphatic heterocycles. The standard InChI is InChI=1S/C10H13N7O2/c1-16-6-13-15-9(16)5-12-7-3-2-4-8(14-11)10(7)17(18)19/h2-4,6,12,14H,5,11H2,1H3. The maximum atomic E-state index is 11.1. The SMILES string of the molecule is Cn1cnnc1CNc1cccc(NN)c1[N+](=O)[O-]. The van der Waals surface area contributed by atoms with Gasteiger partial charge in [0.25, 0.3) is 0 Å². The van der Waals surface area contributed by atoms with Crippen molar-refractivity contribution in [2.24, 2.45) is 12.9 Å². The third kappa shape index (κ3) is 2.60. The van der Waals surface area contributed by atoms with Crippen LogP contribution in [0.5, 0.6) is 0 Å². The number of aromatic nitrogens is 3. The van der Waals surface area contributed by atoms with Gasteiger partial charge in [-0.15, -0.1) is 10.2 Å². The minimum absolute atomic E-state index is 0.104. The number of hydrogen-bond donors (Lipinski definition) is 3. The summed E-state index contributed by atoms with van der Waals surface area (Å²) < 4.78 is 1.73. The van der Waals surface area contributed by atoms with E-state index >= 15 is 0 Å². The number of hydrazine groups is 1. The van der Waals surface area contributed by atoms with E-state index in [4.69, 9.17) is 5.84 Å². The summed E-state index contributed by atoms with van der Waals surface area (Å²) in [6.45, 7) is 0.325. The number of anilines is 2. The highest BCUT2D eigenvalue weighted by molar-refractivity contribution is 5.75. The Morgan fingerprint density at radius 2 is 2.21 bits per heavy atom. The Morgan fingerprint density at radius 1 is 1.47 bits per heavy atom. The van der Waals surface area contributed by atoms with Gasteiger partial charge < -0.3 is 15.3 Å². The van der Waals surface area contributed by atoms with E-state index in [-0.39, 0.29) is 11.4 Å². The van der Waals surface area contributed by atoms with Gasteiger partial charge in [0.05, 0.1) is 11.5 Å². The number of nitrogens with one attached hydrogen (secondary N) is 2. The van der Waals surface area contributed by atoms with E-state index in [0.717, 1.165) is 0 Å². The van der Waals surface area contributed by atoms with Crippen LogP contribution in [0.4, 0.5) is 17.1 Å². The molecule has 1 aromatic heterocycles. The summed E-state index contributed by atoms with van der Waals surface area (Å²) in [4.78, 5) is 10.6. The van der Waals surface area contributed by atoms with Gasteiger partial charge in [-0.3, -0.25) is 16.0 Å². The van der Waals surface area contributed by atoms with Crippen LogP contribution in [-0.2, 0) is 13.6 Å². The number of aryl methyl sites for hydroxylation is 1. The second kappa shape index (κ2) is 5.31. The number of nitrogens with two attached hydrogens (primary N) is 1. The molecule has 0 radical (unpaired) electrons. The van der Waals surface area contributed by atoms with E-state index in [1.54, 1.807) is 30.1 Å². The number of nitrogens with zero attached hydrogens (tertiary/aromatic N) is 4. The van der Waals surface area contributed by atoms with Crippen LogP contribution in [0.15, 0.2) is 24.5 Å². The number of nitro benzene ring substituents is 1. The first kappa shape index (κ1) is 12.8. The Kier molecular flexibility index (Phi) is 3.57. The van der Waals surface area contributed by atoms with Gasteiger partial charge in [0, 0.05) is 7.05 Å². The van der Waals surface area contributed by atoms with Crippen LogP contribution in [0.25, 0.3) is 0 Å². The summed E-state index contributed by atoms with van der Waals surface area (Å²) >= 11 is 0. The lowest BCUT2D eigenvalue weighted by Crippen LogP contribution is -2.12. The van der Waals surface area contributed by atoms with Crippen molar-refractivity contribution in [3.05, 3.63) is 40.5 Å². The molecule has 19 heavy (non-hydrogen) atoms. The van der Waals surface area contributed by atoms with Crippen LogP contribution in [0.3, 0.4) is 0 Å². The number of nitrogen functional groups attached to an aromatic ring is 1. The Balaban J connectivity index is 2.25. The predicted octanol–water partition coefficient (Wildman–Crippen LogP) is 0.621. The third-order valence-electron chi connectivity index (χ3n) is 2.62. The number of hydrogen-bond acceptors (Lipinski definition) is 7. The van der Waals surface area contributed by atoms with Crippen LogP contribution in [0.2, 0.25) is 0 Å². The molecule has 2 aromatic rings. The zero-order valence-electron chi connectivity index (χ0n) is 10.2. The van der Waals surface area contributed by atoms with Crippen molar-refractivity contribution in [2.45, 2.75) is 6.54 Å². The molecule has 0 aliphatic rings. The average Bonchev–Trinajstić information content (AvgIpc) is 2.81. The Hall–Kier alpha value is -2.68. The minimum atomic E-state index is -0.492. The van der Waals surface area contributed by atoms with Crippen LogP contribution in [0, 0.1) is 10.1 Å². The van der Waals surface area contributed by atoms with Crippen LogP contribution < -0.4 is 16.6 Å². The van der Waals surface area contributed by atoms with Gasteiger partial charge in [0.15, 0.2) is 5.82 Å². The van der Waals surface area contributed by atoms with Crippen molar-refractivity contribution in [1.82, 2.24) is 14.8 Å². The summed E-state index contributed by atoms with van der Waals surface area (Å²) in [5.41, 5.74) is 2.81. The Labute approximate surface area is 108 Å². The minimum Gasteiger partial charge on any atom is -0.372 e. The van der Waals surface area contributed by atoms with E-state index in [1.165, 1.54) is 6.07 Å². The van der Waals surface area contributed by atoms with Crippen molar-refractivity contribution < 1.29 is 4.92 Å².